The number of nitrogens with zero attached hydrogens (tertiary/aromatic N) is 5. The Kier molecular flexibility index (Phi) is 2.88. The molecule has 0 radical (unpaired) electrons. The summed E-state index contributed by atoms with van der Waals surface area (Å²) in [6, 6.07) is 5.96. The van der Waals surface area contributed by atoms with E-state index < -0.39 is 0 Å². The van der Waals surface area contributed by atoms with Crippen LogP contribution in [0.25, 0.3) is 0 Å². The molecular weight excluding hydrogens is 240 g/mol. The highest BCUT2D eigenvalue weighted by Gasteiger charge is 2.20. The second-order valence-electron chi connectivity index (χ2n) is 4.68. The fraction of sp³-hybridized carbons (Fsp3) is 0.385. The normalized spacial score (nSPS) is 17.6. The average molecular weight is 254 g/mol. The van der Waals surface area contributed by atoms with Crippen LogP contribution in [0, 0.1) is 18.3 Å². The zero-order valence-corrected chi connectivity index (χ0v) is 10.7. The largest absolute Gasteiger partial charge is 0.365 e. The Morgan fingerprint density at radius 3 is 3.11 bits per heavy atom. The Hall–Kier alpha value is -2.42. The SMILES string of the molecule is Cc1nc2n(n1)C[C@@H](Nc1ccc(C#N)cn1)CC2. The van der Waals surface area contributed by atoms with Gasteiger partial charge in [-0.15, -0.1) is 0 Å². The van der Waals surface area contributed by atoms with Gasteiger partial charge in [0.1, 0.15) is 23.5 Å². The van der Waals surface area contributed by atoms with Crippen molar-refractivity contribution in [1.82, 2.24) is 19.7 Å². The first-order valence-corrected chi connectivity index (χ1v) is 6.27. The van der Waals surface area contributed by atoms with E-state index in [-0.39, 0.29) is 0 Å². The average Bonchev–Trinajstić information content (AvgIpc) is 2.79. The minimum Gasteiger partial charge on any atom is -0.365 e. The zero-order valence-electron chi connectivity index (χ0n) is 10.7. The molecule has 0 saturated heterocycles. The van der Waals surface area contributed by atoms with E-state index in [1.54, 1.807) is 12.3 Å². The molecule has 6 heteroatoms. The topological polar surface area (TPSA) is 79.4 Å². The molecule has 0 fully saturated rings. The molecule has 0 aromatic carbocycles. The molecule has 0 bridgehead atoms. The molecule has 1 atom stereocenters. The molecule has 0 saturated carbocycles. The summed E-state index contributed by atoms with van der Waals surface area (Å²) in [5, 5.41) is 16.5. The third kappa shape index (κ3) is 2.40. The summed E-state index contributed by atoms with van der Waals surface area (Å²) < 4.78 is 1.96. The fourth-order valence-corrected chi connectivity index (χ4v) is 2.31. The number of nitrogens with one attached hydrogen (secondary N) is 1. The minimum atomic E-state index is 0.300. The van der Waals surface area contributed by atoms with Crippen LogP contribution in [0.2, 0.25) is 0 Å². The number of nitriles is 1. The lowest BCUT2D eigenvalue weighted by Gasteiger charge is -2.23. The van der Waals surface area contributed by atoms with E-state index in [1.807, 2.05) is 17.7 Å². The molecule has 19 heavy (non-hydrogen) atoms. The summed E-state index contributed by atoms with van der Waals surface area (Å²) in [5.41, 5.74) is 0.573. The van der Waals surface area contributed by atoms with Gasteiger partial charge in [0, 0.05) is 18.7 Å². The molecule has 0 aliphatic carbocycles. The maximum Gasteiger partial charge on any atom is 0.147 e. The Labute approximate surface area is 111 Å². The molecule has 6 nitrogen and oxygen atoms in total. The van der Waals surface area contributed by atoms with Crippen molar-refractivity contribution >= 4 is 5.82 Å². The molecule has 2 aromatic heterocycles. The summed E-state index contributed by atoms with van der Waals surface area (Å²) >= 11 is 0. The smallest absolute Gasteiger partial charge is 0.147 e. The molecule has 0 spiro atoms. The van der Waals surface area contributed by atoms with Crippen molar-refractivity contribution in [3.05, 3.63) is 35.5 Å². The summed E-state index contributed by atoms with van der Waals surface area (Å²) in [4.78, 5) is 8.61. The van der Waals surface area contributed by atoms with Crippen molar-refractivity contribution in [1.29, 1.82) is 5.26 Å². The van der Waals surface area contributed by atoms with Crippen LogP contribution >= 0.6 is 0 Å². The second kappa shape index (κ2) is 4.69. The summed E-state index contributed by atoms with van der Waals surface area (Å²) in [7, 11) is 0. The zero-order chi connectivity index (χ0) is 13.2. The number of anilines is 1. The molecule has 1 aliphatic rings. The van der Waals surface area contributed by atoms with Crippen molar-refractivity contribution in [3.63, 3.8) is 0 Å². The van der Waals surface area contributed by atoms with Crippen molar-refractivity contribution in [3.8, 4) is 6.07 Å². The first-order chi connectivity index (χ1) is 9.24. The number of hydrogen-bond acceptors (Lipinski definition) is 5. The molecule has 3 heterocycles. The monoisotopic (exact) mass is 254 g/mol. The summed E-state index contributed by atoms with van der Waals surface area (Å²) in [5.74, 6) is 2.68. The number of pyridine rings is 1. The molecular formula is C13H14N6. The van der Waals surface area contributed by atoms with E-state index in [9.17, 15) is 0 Å². The lowest BCUT2D eigenvalue weighted by atomic mass is 10.1. The highest BCUT2D eigenvalue weighted by atomic mass is 15.4. The Balaban J connectivity index is 1.70. The van der Waals surface area contributed by atoms with Gasteiger partial charge in [0.15, 0.2) is 0 Å². The highest BCUT2D eigenvalue weighted by Crippen LogP contribution is 2.16. The van der Waals surface area contributed by atoms with Gasteiger partial charge in [-0.1, -0.05) is 0 Å². The lowest BCUT2D eigenvalue weighted by Crippen LogP contribution is -2.32. The minimum absolute atomic E-state index is 0.300. The summed E-state index contributed by atoms with van der Waals surface area (Å²) in [6.45, 7) is 2.72. The van der Waals surface area contributed by atoms with Crippen molar-refractivity contribution in [2.24, 2.45) is 0 Å². The lowest BCUT2D eigenvalue weighted by molar-refractivity contribution is 0.440. The second-order valence-corrected chi connectivity index (χ2v) is 4.68. The third-order valence-corrected chi connectivity index (χ3v) is 3.21. The van der Waals surface area contributed by atoms with Crippen LogP contribution in [0.15, 0.2) is 18.3 Å². The maximum absolute atomic E-state index is 8.73. The van der Waals surface area contributed by atoms with Gasteiger partial charge in [0.05, 0.1) is 12.1 Å². The number of fused-ring (bicyclic) bond motifs is 1. The Morgan fingerprint density at radius 2 is 2.37 bits per heavy atom. The molecule has 3 rings (SSSR count). The van der Waals surface area contributed by atoms with E-state index in [0.29, 0.717) is 11.6 Å². The predicted octanol–water partition coefficient (Wildman–Crippen LogP) is 1.28. The Bertz CT molecular complexity index is 622. The number of aromatic nitrogens is 4. The predicted molar refractivity (Wildman–Crippen MR) is 69.4 cm³/mol. The van der Waals surface area contributed by atoms with Crippen LogP contribution in [-0.4, -0.2) is 25.8 Å². The number of hydrogen-bond donors (Lipinski definition) is 1. The van der Waals surface area contributed by atoms with Gasteiger partial charge in [-0.25, -0.2) is 14.6 Å². The highest BCUT2D eigenvalue weighted by molar-refractivity contribution is 5.39. The van der Waals surface area contributed by atoms with Crippen LogP contribution in [0.4, 0.5) is 5.82 Å². The molecule has 0 amide bonds. The molecule has 1 N–H and O–H groups in total. The van der Waals surface area contributed by atoms with Crippen LogP contribution in [0.5, 0.6) is 0 Å². The molecule has 1 aliphatic heterocycles. The molecule has 0 unspecified atom stereocenters. The van der Waals surface area contributed by atoms with E-state index in [1.165, 1.54) is 0 Å². The standard InChI is InChI=1S/C13H14N6/c1-9-16-13-5-3-11(8-19(13)18-9)17-12-4-2-10(6-14)7-15-12/h2,4,7,11H,3,5,8H2,1H3,(H,15,17)/t11-/m0/s1. The Morgan fingerprint density at radius 1 is 1.47 bits per heavy atom. The van der Waals surface area contributed by atoms with Crippen LogP contribution < -0.4 is 5.32 Å². The van der Waals surface area contributed by atoms with Crippen molar-refractivity contribution in [2.75, 3.05) is 5.32 Å². The van der Waals surface area contributed by atoms with E-state index in [4.69, 9.17) is 5.26 Å². The number of rotatable bonds is 2. The van der Waals surface area contributed by atoms with Gasteiger partial charge in [0.2, 0.25) is 0 Å². The van der Waals surface area contributed by atoms with Crippen LogP contribution in [0.3, 0.4) is 0 Å². The van der Waals surface area contributed by atoms with Crippen LogP contribution in [-0.2, 0) is 13.0 Å². The first-order valence-electron chi connectivity index (χ1n) is 6.27. The van der Waals surface area contributed by atoms with Gasteiger partial charge in [-0.2, -0.15) is 10.4 Å². The fourth-order valence-electron chi connectivity index (χ4n) is 2.31. The van der Waals surface area contributed by atoms with E-state index >= 15 is 0 Å². The van der Waals surface area contributed by atoms with Crippen LogP contribution in [0.1, 0.15) is 23.6 Å². The molecule has 96 valence electrons. The van der Waals surface area contributed by atoms with Gasteiger partial charge in [-0.3, -0.25) is 0 Å². The van der Waals surface area contributed by atoms with Gasteiger partial charge in [-0.05, 0) is 25.5 Å². The quantitative estimate of drug-likeness (QED) is 0.873. The first kappa shape index (κ1) is 11.7. The maximum atomic E-state index is 8.73. The number of aryl methyl sites for hydroxylation is 2. The summed E-state index contributed by atoms with van der Waals surface area (Å²) in [6.07, 6.45) is 3.52. The van der Waals surface area contributed by atoms with Crippen molar-refractivity contribution < 1.29 is 0 Å². The van der Waals surface area contributed by atoms with Gasteiger partial charge in [0.25, 0.3) is 0 Å². The van der Waals surface area contributed by atoms with Gasteiger partial charge < -0.3 is 5.32 Å². The van der Waals surface area contributed by atoms with Gasteiger partial charge >= 0.3 is 0 Å². The van der Waals surface area contributed by atoms with Crippen molar-refractivity contribution in [2.45, 2.75) is 32.4 Å². The molecule has 2 aromatic rings. The van der Waals surface area contributed by atoms with E-state index in [2.05, 4.69) is 26.5 Å². The van der Waals surface area contributed by atoms with E-state index in [0.717, 1.165) is 36.9 Å². The third-order valence-electron chi connectivity index (χ3n) is 3.21.